The smallest absolute Gasteiger partial charge is 0.268 e. The lowest BCUT2D eigenvalue weighted by Gasteiger charge is -2.35. The van der Waals surface area contributed by atoms with Gasteiger partial charge in [0.15, 0.2) is 6.10 Å². The van der Waals surface area contributed by atoms with E-state index in [0.29, 0.717) is 13.0 Å². The molecule has 1 amide bonds. The molecule has 0 radical (unpaired) electrons. The summed E-state index contributed by atoms with van der Waals surface area (Å²) in [5, 5.41) is 2.80. The molecule has 1 aliphatic heterocycles. The number of halogens is 1. The molecule has 4 rings (SSSR count). The minimum atomic E-state index is -4.26. The maximum atomic E-state index is 13.9. The normalized spacial score (nSPS) is 15.3. The van der Waals surface area contributed by atoms with Gasteiger partial charge in [-0.3, -0.25) is 9.10 Å². The van der Waals surface area contributed by atoms with Gasteiger partial charge in [-0.1, -0.05) is 42.5 Å². The summed E-state index contributed by atoms with van der Waals surface area (Å²) >= 11 is 0. The predicted molar refractivity (Wildman–Crippen MR) is 121 cm³/mol. The number of hydrogen-bond acceptors (Lipinski definition) is 5. The Hall–Kier alpha value is -3.59. The summed E-state index contributed by atoms with van der Waals surface area (Å²) in [6.45, 7) is 0.102. The molecule has 1 N–H and O–H groups in total. The Kier molecular flexibility index (Phi) is 6.50. The number of amides is 1. The van der Waals surface area contributed by atoms with Crippen molar-refractivity contribution < 1.29 is 27.1 Å². The van der Waals surface area contributed by atoms with Crippen molar-refractivity contribution in [1.29, 1.82) is 0 Å². The molecule has 0 aromatic heterocycles. The molecule has 0 fully saturated rings. The van der Waals surface area contributed by atoms with E-state index in [1.165, 1.54) is 13.2 Å². The number of nitrogens with one attached hydrogen (secondary N) is 1. The Balaban J connectivity index is 1.59. The molecule has 0 saturated heterocycles. The number of methoxy groups -OCH3 is 1. The lowest BCUT2D eigenvalue weighted by molar-refractivity contribution is -0.127. The van der Waals surface area contributed by atoms with Gasteiger partial charge >= 0.3 is 0 Å². The van der Waals surface area contributed by atoms with Crippen molar-refractivity contribution in [2.45, 2.75) is 17.4 Å². The van der Waals surface area contributed by atoms with Gasteiger partial charge in [0, 0.05) is 6.54 Å². The molecular formula is C24H23FN2O5S. The molecule has 3 aromatic rings. The molecule has 3 aromatic carbocycles. The Labute approximate surface area is 191 Å². The predicted octanol–water partition coefficient (Wildman–Crippen LogP) is 3.15. The number of nitrogens with zero attached hydrogens (tertiary/aromatic N) is 1. The van der Waals surface area contributed by atoms with Gasteiger partial charge in [0.2, 0.25) is 0 Å². The van der Waals surface area contributed by atoms with Crippen LogP contribution in [-0.4, -0.2) is 40.6 Å². The molecular weight excluding hydrogens is 447 g/mol. The molecule has 9 heteroatoms. The van der Waals surface area contributed by atoms with Crippen LogP contribution in [0.3, 0.4) is 0 Å². The van der Waals surface area contributed by atoms with Gasteiger partial charge in [-0.15, -0.1) is 0 Å². The fourth-order valence-corrected chi connectivity index (χ4v) is 5.27. The average Bonchev–Trinajstić information content (AvgIpc) is 2.83. The Morgan fingerprint density at radius 2 is 1.85 bits per heavy atom. The summed E-state index contributed by atoms with van der Waals surface area (Å²) in [6.07, 6.45) is -0.455. The topological polar surface area (TPSA) is 84.9 Å². The monoisotopic (exact) mass is 470 g/mol. The fourth-order valence-electron chi connectivity index (χ4n) is 3.63. The number of anilines is 1. The first-order chi connectivity index (χ1) is 15.9. The first-order valence-electron chi connectivity index (χ1n) is 10.3. The third-order valence-corrected chi connectivity index (χ3v) is 7.08. The van der Waals surface area contributed by atoms with Gasteiger partial charge in [-0.25, -0.2) is 12.8 Å². The van der Waals surface area contributed by atoms with E-state index in [2.05, 4.69) is 5.32 Å². The number of rotatable bonds is 7. The van der Waals surface area contributed by atoms with E-state index in [-0.39, 0.29) is 28.6 Å². The zero-order chi connectivity index (χ0) is 23.4. The summed E-state index contributed by atoms with van der Waals surface area (Å²) in [5.41, 5.74) is 1.33. The van der Waals surface area contributed by atoms with Gasteiger partial charge < -0.3 is 14.8 Å². The van der Waals surface area contributed by atoms with E-state index in [0.717, 1.165) is 22.0 Å². The third kappa shape index (κ3) is 4.78. The Morgan fingerprint density at radius 3 is 2.61 bits per heavy atom. The molecule has 0 aliphatic carbocycles. The molecule has 1 atom stereocenters. The highest BCUT2D eigenvalue weighted by Gasteiger charge is 2.38. The number of carbonyl (C=O) groups is 1. The van der Waals surface area contributed by atoms with Crippen molar-refractivity contribution in [3.63, 3.8) is 0 Å². The largest absolute Gasteiger partial charge is 0.495 e. The Morgan fingerprint density at radius 1 is 1.12 bits per heavy atom. The van der Waals surface area contributed by atoms with Crippen LogP contribution >= 0.6 is 0 Å². The van der Waals surface area contributed by atoms with E-state index >= 15 is 0 Å². The van der Waals surface area contributed by atoms with E-state index in [4.69, 9.17) is 9.47 Å². The first kappa shape index (κ1) is 22.6. The SMILES string of the molecule is COc1ccc(F)cc1S(=O)(=O)N1C[C@@H](C(=O)NCCc2ccccc2)Oc2ccccc21. The van der Waals surface area contributed by atoms with Crippen molar-refractivity contribution >= 4 is 21.6 Å². The number of benzene rings is 3. The lowest BCUT2D eigenvalue weighted by atomic mass is 10.1. The minimum absolute atomic E-state index is 0.00392. The highest BCUT2D eigenvalue weighted by atomic mass is 32.2. The average molecular weight is 471 g/mol. The van der Waals surface area contributed by atoms with Crippen LogP contribution in [0.5, 0.6) is 11.5 Å². The summed E-state index contributed by atoms with van der Waals surface area (Å²) in [5.74, 6) is -0.909. The lowest BCUT2D eigenvalue weighted by Crippen LogP contribution is -2.51. The van der Waals surface area contributed by atoms with Crippen LogP contribution in [0.1, 0.15) is 5.56 Å². The van der Waals surface area contributed by atoms with Gasteiger partial charge in [0.1, 0.15) is 22.2 Å². The highest BCUT2D eigenvalue weighted by Crippen LogP contribution is 2.38. The number of para-hydroxylation sites is 2. The quantitative estimate of drug-likeness (QED) is 0.574. The van der Waals surface area contributed by atoms with Crippen LogP contribution in [0.4, 0.5) is 10.1 Å². The van der Waals surface area contributed by atoms with Gasteiger partial charge in [0.05, 0.1) is 19.3 Å². The Bertz CT molecular complexity index is 1250. The van der Waals surface area contributed by atoms with Crippen molar-refractivity contribution in [1.82, 2.24) is 5.32 Å². The summed E-state index contributed by atoms with van der Waals surface area (Å²) in [4.78, 5) is 12.5. The second-order valence-corrected chi connectivity index (χ2v) is 9.26. The van der Waals surface area contributed by atoms with Gasteiger partial charge in [-0.05, 0) is 42.3 Å². The standard InChI is InChI=1S/C24H23FN2O5S/c1-31-21-12-11-18(25)15-23(21)33(29,30)27-16-22(32-20-10-6-5-9-19(20)27)24(28)26-14-13-17-7-3-2-4-8-17/h2-12,15,22H,13-14,16H2,1H3,(H,26,28)/t22-/m0/s1. The third-order valence-electron chi connectivity index (χ3n) is 5.28. The molecule has 33 heavy (non-hydrogen) atoms. The molecule has 0 saturated carbocycles. The van der Waals surface area contributed by atoms with Crippen LogP contribution in [0.2, 0.25) is 0 Å². The molecule has 0 bridgehead atoms. The molecule has 172 valence electrons. The van der Waals surface area contributed by atoms with Crippen LogP contribution in [0.15, 0.2) is 77.7 Å². The summed E-state index contributed by atoms with van der Waals surface area (Å²) in [7, 11) is -2.95. The van der Waals surface area contributed by atoms with Crippen molar-refractivity contribution in [3.05, 3.63) is 84.2 Å². The first-order valence-corrected chi connectivity index (χ1v) is 11.8. The summed E-state index contributed by atoms with van der Waals surface area (Å²) in [6, 6.07) is 19.4. The number of carbonyl (C=O) groups excluding carboxylic acids is 1. The number of ether oxygens (including phenoxy) is 2. The van der Waals surface area contributed by atoms with Gasteiger partial charge in [0.25, 0.3) is 15.9 Å². The molecule has 7 nitrogen and oxygen atoms in total. The second-order valence-electron chi connectivity index (χ2n) is 7.43. The van der Waals surface area contributed by atoms with Crippen LogP contribution in [0.25, 0.3) is 0 Å². The molecule has 1 aliphatic rings. The number of hydrogen-bond donors (Lipinski definition) is 1. The molecule has 0 unspecified atom stereocenters. The zero-order valence-electron chi connectivity index (χ0n) is 17.9. The molecule has 1 heterocycles. The van der Waals surface area contributed by atoms with Crippen LogP contribution in [-0.2, 0) is 21.2 Å². The summed E-state index contributed by atoms with van der Waals surface area (Å²) < 4.78 is 53.0. The van der Waals surface area contributed by atoms with E-state index < -0.39 is 27.9 Å². The number of fused-ring (bicyclic) bond motifs is 1. The van der Waals surface area contributed by atoms with Crippen molar-refractivity contribution in [2.75, 3.05) is 24.5 Å². The highest BCUT2D eigenvalue weighted by molar-refractivity contribution is 7.93. The maximum absolute atomic E-state index is 13.9. The van der Waals surface area contributed by atoms with Crippen molar-refractivity contribution in [2.24, 2.45) is 0 Å². The van der Waals surface area contributed by atoms with E-state index in [1.54, 1.807) is 24.3 Å². The zero-order valence-corrected chi connectivity index (χ0v) is 18.7. The van der Waals surface area contributed by atoms with Crippen molar-refractivity contribution in [3.8, 4) is 11.5 Å². The fraction of sp³-hybridized carbons (Fsp3) is 0.208. The van der Waals surface area contributed by atoms with Crippen LogP contribution < -0.4 is 19.1 Å². The van der Waals surface area contributed by atoms with Crippen LogP contribution in [0, 0.1) is 5.82 Å². The number of sulfonamides is 1. The maximum Gasteiger partial charge on any atom is 0.268 e. The van der Waals surface area contributed by atoms with Gasteiger partial charge in [-0.2, -0.15) is 0 Å². The minimum Gasteiger partial charge on any atom is -0.495 e. The second kappa shape index (κ2) is 9.50. The molecule has 0 spiro atoms. The van der Waals surface area contributed by atoms with E-state index in [9.17, 15) is 17.6 Å². The van der Waals surface area contributed by atoms with E-state index in [1.807, 2.05) is 30.3 Å².